The van der Waals surface area contributed by atoms with Crippen LogP contribution in [0, 0.1) is 5.82 Å². The van der Waals surface area contributed by atoms with Crippen LogP contribution in [0.1, 0.15) is 30.4 Å². The molecule has 0 unspecified atom stereocenters. The number of halogens is 3. The normalized spacial score (nSPS) is 20.0. The number of rotatable bonds is 7. The summed E-state index contributed by atoms with van der Waals surface area (Å²) in [6.07, 6.45) is 0.619. The van der Waals surface area contributed by atoms with Crippen molar-refractivity contribution in [3.8, 4) is 0 Å². The lowest BCUT2D eigenvalue weighted by molar-refractivity contribution is 0.151. The maximum absolute atomic E-state index is 14.9. The minimum Gasteiger partial charge on any atom is -0.404 e. The number of allylic oxidation sites excluding steroid dienone is 1. The van der Waals surface area contributed by atoms with Gasteiger partial charge in [-0.25, -0.2) is 23.0 Å². The molecule has 1 atom stereocenters. The average Bonchev–Trinajstić information content (AvgIpc) is 3.31. The minimum absolute atomic E-state index is 0.0506. The molecule has 0 aliphatic carbocycles. The molecule has 1 saturated heterocycles. The van der Waals surface area contributed by atoms with Gasteiger partial charge in [-0.1, -0.05) is 0 Å². The van der Waals surface area contributed by atoms with Crippen molar-refractivity contribution in [3.05, 3.63) is 46.5 Å². The molecular formula is C22H28F3N7O2. The summed E-state index contributed by atoms with van der Waals surface area (Å²) in [7, 11) is 1.44. The van der Waals surface area contributed by atoms with Gasteiger partial charge in [-0.05, 0) is 24.1 Å². The molecule has 1 aromatic rings. The number of aliphatic imine (C=N–C) groups is 2. The van der Waals surface area contributed by atoms with Gasteiger partial charge >= 0.3 is 6.03 Å². The van der Waals surface area contributed by atoms with E-state index in [1.807, 2.05) is 0 Å². The van der Waals surface area contributed by atoms with E-state index in [9.17, 15) is 18.0 Å². The number of nitrogens with one attached hydrogen (secondary N) is 1. The number of benzene rings is 1. The molecule has 7 N–H and O–H groups in total. The molecule has 12 heteroatoms. The van der Waals surface area contributed by atoms with Crippen LogP contribution in [0.4, 0.5) is 23.7 Å². The monoisotopic (exact) mass is 479 g/mol. The van der Waals surface area contributed by atoms with Gasteiger partial charge < -0.3 is 32.2 Å². The molecule has 0 aromatic heterocycles. The van der Waals surface area contributed by atoms with Gasteiger partial charge in [0.05, 0.1) is 19.2 Å². The molecule has 1 fully saturated rings. The highest BCUT2D eigenvalue weighted by atomic mass is 19.3. The van der Waals surface area contributed by atoms with E-state index >= 15 is 0 Å². The highest BCUT2D eigenvalue weighted by molar-refractivity contribution is 6.10. The van der Waals surface area contributed by atoms with Crippen LogP contribution >= 0.6 is 0 Å². The lowest BCUT2D eigenvalue weighted by Crippen LogP contribution is -2.45. The SMILES string of the molecule is CN=CC(=CN)c1cc(F)c(N=C(N)C2=C(N[C@H]3CCOC3)CCN(C(N)=O)C2)cc1C(F)F. The summed E-state index contributed by atoms with van der Waals surface area (Å²) in [5.41, 5.74) is 17.5. The maximum atomic E-state index is 14.9. The van der Waals surface area contributed by atoms with Crippen molar-refractivity contribution in [1.82, 2.24) is 10.2 Å². The smallest absolute Gasteiger partial charge is 0.315 e. The molecule has 2 aliphatic heterocycles. The molecule has 3 rings (SSSR count). The van der Waals surface area contributed by atoms with E-state index in [2.05, 4.69) is 15.3 Å². The van der Waals surface area contributed by atoms with E-state index in [4.69, 9.17) is 21.9 Å². The van der Waals surface area contributed by atoms with E-state index in [0.29, 0.717) is 31.8 Å². The summed E-state index contributed by atoms with van der Waals surface area (Å²) < 4.78 is 47.9. The van der Waals surface area contributed by atoms with Gasteiger partial charge in [-0.15, -0.1) is 0 Å². The summed E-state index contributed by atoms with van der Waals surface area (Å²) in [5.74, 6) is -0.975. The Morgan fingerprint density at radius 1 is 1.35 bits per heavy atom. The summed E-state index contributed by atoms with van der Waals surface area (Å²) in [5, 5.41) is 3.35. The number of amidine groups is 1. The lowest BCUT2D eigenvalue weighted by Gasteiger charge is -2.31. The molecular weight excluding hydrogens is 451 g/mol. The Balaban J connectivity index is 2.04. The molecule has 2 aliphatic rings. The summed E-state index contributed by atoms with van der Waals surface area (Å²) in [4.78, 5) is 21.0. The molecule has 34 heavy (non-hydrogen) atoms. The first kappa shape index (κ1) is 25.1. The maximum Gasteiger partial charge on any atom is 0.315 e. The van der Waals surface area contributed by atoms with E-state index in [-0.39, 0.29) is 35.2 Å². The molecule has 0 spiro atoms. The Morgan fingerprint density at radius 3 is 2.71 bits per heavy atom. The lowest BCUT2D eigenvalue weighted by atomic mass is 9.99. The predicted molar refractivity (Wildman–Crippen MR) is 124 cm³/mol. The fraction of sp³-hybridized carbons (Fsp3) is 0.409. The third-order valence-electron chi connectivity index (χ3n) is 5.63. The Hall–Kier alpha value is -3.54. The molecule has 0 bridgehead atoms. The van der Waals surface area contributed by atoms with Crippen molar-refractivity contribution in [2.45, 2.75) is 25.3 Å². The van der Waals surface area contributed by atoms with Crippen LogP contribution in [0.5, 0.6) is 0 Å². The zero-order valence-electron chi connectivity index (χ0n) is 18.7. The second-order valence-corrected chi connectivity index (χ2v) is 7.87. The van der Waals surface area contributed by atoms with Crippen molar-refractivity contribution in [2.75, 3.05) is 33.4 Å². The van der Waals surface area contributed by atoms with Crippen LogP contribution in [0.15, 0.2) is 39.6 Å². The van der Waals surface area contributed by atoms with Crippen LogP contribution in [-0.4, -0.2) is 62.4 Å². The number of ether oxygens (including phenoxy) is 1. The first-order valence-corrected chi connectivity index (χ1v) is 10.7. The standard InChI is InChI=1S/C22H28F3N7O2/c1-29-9-12(8-26)14-6-17(23)19(7-15(14)20(24)25)31-21(27)16-10-32(22(28)33)4-2-18(16)30-13-3-5-34-11-13/h6-9,13,20,30H,2-5,10-11,26H2,1H3,(H2,27,31)(H2,28,33)/t13-/m0/s1. The molecule has 0 radical (unpaired) electrons. The zero-order valence-corrected chi connectivity index (χ0v) is 18.7. The summed E-state index contributed by atoms with van der Waals surface area (Å²) >= 11 is 0. The number of amides is 2. The van der Waals surface area contributed by atoms with Crippen LogP contribution in [-0.2, 0) is 4.74 Å². The van der Waals surface area contributed by atoms with Crippen LogP contribution < -0.4 is 22.5 Å². The van der Waals surface area contributed by atoms with Crippen LogP contribution in [0.25, 0.3) is 5.57 Å². The van der Waals surface area contributed by atoms with Gasteiger partial charge in [0.2, 0.25) is 0 Å². The van der Waals surface area contributed by atoms with Crippen LogP contribution in [0.2, 0.25) is 0 Å². The van der Waals surface area contributed by atoms with Crippen molar-refractivity contribution in [2.24, 2.45) is 27.2 Å². The Bertz CT molecular complexity index is 1050. The number of hydrogen-bond acceptors (Lipinski definition) is 6. The number of nitrogens with zero attached hydrogens (tertiary/aromatic N) is 3. The summed E-state index contributed by atoms with van der Waals surface area (Å²) in [6, 6.07) is 1.28. The van der Waals surface area contributed by atoms with Gasteiger partial charge in [0.25, 0.3) is 6.43 Å². The zero-order chi connectivity index (χ0) is 24.8. The number of hydrogen-bond donors (Lipinski definition) is 4. The topological polar surface area (TPSA) is 144 Å². The van der Waals surface area contributed by atoms with E-state index in [0.717, 1.165) is 30.5 Å². The van der Waals surface area contributed by atoms with Crippen molar-refractivity contribution < 1.29 is 22.7 Å². The van der Waals surface area contributed by atoms with Gasteiger partial charge in [0.1, 0.15) is 17.3 Å². The quantitative estimate of drug-likeness (QED) is 0.350. The first-order valence-electron chi connectivity index (χ1n) is 10.7. The third-order valence-corrected chi connectivity index (χ3v) is 5.63. The predicted octanol–water partition coefficient (Wildman–Crippen LogP) is 2.17. The van der Waals surface area contributed by atoms with Crippen molar-refractivity contribution in [3.63, 3.8) is 0 Å². The second-order valence-electron chi connectivity index (χ2n) is 7.87. The number of urea groups is 1. The Morgan fingerprint density at radius 2 is 2.12 bits per heavy atom. The Kier molecular flexibility index (Phi) is 8.16. The Labute approximate surface area is 195 Å². The van der Waals surface area contributed by atoms with Gasteiger partial charge in [-0.2, -0.15) is 0 Å². The fourth-order valence-corrected chi connectivity index (χ4v) is 3.87. The first-order chi connectivity index (χ1) is 16.2. The van der Waals surface area contributed by atoms with Crippen molar-refractivity contribution >= 4 is 29.3 Å². The van der Waals surface area contributed by atoms with Gasteiger partial charge in [-0.3, -0.25) is 4.99 Å². The highest BCUT2D eigenvalue weighted by Gasteiger charge is 2.27. The average molecular weight is 480 g/mol. The molecule has 184 valence electrons. The van der Waals surface area contributed by atoms with E-state index in [1.165, 1.54) is 18.2 Å². The molecule has 1 aromatic carbocycles. The molecule has 2 heterocycles. The molecule has 2 amide bonds. The number of primary amides is 1. The third kappa shape index (κ3) is 5.68. The van der Waals surface area contributed by atoms with E-state index < -0.39 is 23.8 Å². The second kappa shape index (κ2) is 11.1. The van der Waals surface area contributed by atoms with Gasteiger partial charge in [0.15, 0.2) is 0 Å². The number of alkyl halides is 2. The minimum atomic E-state index is -2.93. The molecule has 0 saturated carbocycles. The van der Waals surface area contributed by atoms with Crippen LogP contribution in [0.3, 0.4) is 0 Å². The fourth-order valence-electron chi connectivity index (χ4n) is 3.87. The number of nitrogens with two attached hydrogens (primary N) is 3. The van der Waals surface area contributed by atoms with Crippen molar-refractivity contribution in [1.29, 1.82) is 0 Å². The number of carbonyl (C=O) groups excluding carboxylic acids is 1. The van der Waals surface area contributed by atoms with E-state index in [1.54, 1.807) is 0 Å². The molecule has 9 nitrogen and oxygen atoms in total. The largest absolute Gasteiger partial charge is 0.404 e. The summed E-state index contributed by atoms with van der Waals surface area (Å²) in [6.45, 7) is 1.55. The highest BCUT2D eigenvalue weighted by Crippen LogP contribution is 2.33. The number of carbonyl (C=O) groups is 1. The van der Waals surface area contributed by atoms with Gasteiger partial charge in [0, 0.05) is 61.4 Å².